The molecule has 1 aliphatic heterocycles. The number of pyridine rings is 1. The van der Waals surface area contributed by atoms with E-state index in [1.807, 2.05) is 0 Å². The molecule has 1 fully saturated rings. The summed E-state index contributed by atoms with van der Waals surface area (Å²) in [6.07, 6.45) is 3.26. The van der Waals surface area contributed by atoms with E-state index in [1.165, 1.54) is 4.90 Å². The van der Waals surface area contributed by atoms with Crippen molar-refractivity contribution in [2.45, 2.75) is 57.2 Å². The Morgan fingerprint density at radius 1 is 1.44 bits per heavy atom. The molecule has 3 rings (SSSR count). The van der Waals surface area contributed by atoms with Crippen molar-refractivity contribution in [1.29, 1.82) is 0 Å². The highest BCUT2D eigenvalue weighted by molar-refractivity contribution is 9.10. The highest BCUT2D eigenvalue weighted by Gasteiger charge is 2.53. The third kappa shape index (κ3) is 4.26. The summed E-state index contributed by atoms with van der Waals surface area (Å²) < 4.78 is 34.4. The molecule has 1 aliphatic carbocycles. The molecule has 0 bridgehead atoms. The SMILES string of the molecule is CC(C)(C)OC(=O)N1CC2(CCC(OS(C)(=O)=O)C2)c2c1ncc(Br)c2Cl. The number of aromatic nitrogens is 1. The molecule has 0 radical (unpaired) electrons. The smallest absolute Gasteiger partial charge is 0.416 e. The van der Waals surface area contributed by atoms with Gasteiger partial charge in [0.2, 0.25) is 0 Å². The Morgan fingerprint density at radius 2 is 2.11 bits per heavy atom. The van der Waals surface area contributed by atoms with Crippen molar-refractivity contribution in [2.75, 3.05) is 17.7 Å². The molecule has 1 saturated carbocycles. The first kappa shape index (κ1) is 20.8. The average molecular weight is 482 g/mol. The predicted molar refractivity (Wildman–Crippen MR) is 106 cm³/mol. The van der Waals surface area contributed by atoms with Gasteiger partial charge in [-0.2, -0.15) is 8.42 Å². The van der Waals surface area contributed by atoms with Crippen molar-refractivity contribution in [3.05, 3.63) is 21.3 Å². The number of carbonyl (C=O) groups is 1. The number of amides is 1. The van der Waals surface area contributed by atoms with E-state index in [2.05, 4.69) is 20.9 Å². The van der Waals surface area contributed by atoms with Crippen LogP contribution in [0.2, 0.25) is 5.02 Å². The Hall–Kier alpha value is -0.900. The van der Waals surface area contributed by atoms with Crippen LogP contribution in [0.25, 0.3) is 0 Å². The van der Waals surface area contributed by atoms with Crippen molar-refractivity contribution in [1.82, 2.24) is 4.98 Å². The van der Waals surface area contributed by atoms with E-state index in [1.54, 1.807) is 27.0 Å². The van der Waals surface area contributed by atoms with Gasteiger partial charge >= 0.3 is 6.09 Å². The van der Waals surface area contributed by atoms with E-state index >= 15 is 0 Å². The lowest BCUT2D eigenvalue weighted by atomic mass is 9.81. The van der Waals surface area contributed by atoms with Crippen LogP contribution in [0, 0.1) is 0 Å². The van der Waals surface area contributed by atoms with Crippen molar-refractivity contribution in [3.8, 4) is 0 Å². The molecule has 2 aliphatic rings. The summed E-state index contributed by atoms with van der Waals surface area (Å²) in [4.78, 5) is 18.6. The van der Waals surface area contributed by atoms with Crippen LogP contribution in [0.15, 0.2) is 10.7 Å². The molecule has 0 N–H and O–H groups in total. The van der Waals surface area contributed by atoms with Crippen molar-refractivity contribution < 1.29 is 22.1 Å². The molecule has 150 valence electrons. The lowest BCUT2D eigenvalue weighted by Gasteiger charge is -2.27. The Kier molecular flexibility index (Phi) is 5.29. The monoisotopic (exact) mass is 480 g/mol. The quantitative estimate of drug-likeness (QED) is 0.593. The Bertz CT molecular complexity index is 886. The van der Waals surface area contributed by atoms with Gasteiger partial charge in [-0.05, 0) is 56.0 Å². The molecule has 1 aromatic rings. The second-order valence-corrected chi connectivity index (χ2v) is 11.0. The van der Waals surface area contributed by atoms with Crippen LogP contribution in [0.3, 0.4) is 0 Å². The molecular weight excluding hydrogens is 460 g/mol. The highest BCUT2D eigenvalue weighted by atomic mass is 79.9. The number of fused-ring (bicyclic) bond motifs is 2. The second-order valence-electron chi connectivity index (χ2n) is 8.13. The normalized spacial score (nSPS) is 25.1. The van der Waals surface area contributed by atoms with Gasteiger partial charge in [-0.1, -0.05) is 11.6 Å². The van der Waals surface area contributed by atoms with Gasteiger partial charge in [-0.3, -0.25) is 9.08 Å². The minimum absolute atomic E-state index is 0.323. The first-order valence-electron chi connectivity index (χ1n) is 8.55. The minimum atomic E-state index is -3.57. The summed E-state index contributed by atoms with van der Waals surface area (Å²) in [5.74, 6) is 0.456. The Morgan fingerprint density at radius 3 is 2.70 bits per heavy atom. The fourth-order valence-corrected chi connectivity index (χ4v) is 5.13. The zero-order chi connectivity index (χ0) is 20.2. The van der Waals surface area contributed by atoms with Crippen LogP contribution in [0.1, 0.15) is 45.6 Å². The lowest BCUT2D eigenvalue weighted by Crippen LogP contribution is -2.39. The first-order valence-corrected chi connectivity index (χ1v) is 11.5. The Balaban J connectivity index is 1.99. The minimum Gasteiger partial charge on any atom is -0.443 e. The average Bonchev–Trinajstić information content (AvgIpc) is 3.02. The zero-order valence-corrected chi connectivity index (χ0v) is 18.7. The van der Waals surface area contributed by atoms with Crippen LogP contribution in [-0.4, -0.2) is 44.0 Å². The first-order chi connectivity index (χ1) is 12.3. The van der Waals surface area contributed by atoms with Gasteiger partial charge in [0, 0.05) is 23.7 Å². The summed E-state index contributed by atoms with van der Waals surface area (Å²) in [6.45, 7) is 5.71. The van der Waals surface area contributed by atoms with Gasteiger partial charge < -0.3 is 4.74 Å². The standard InChI is InChI=1S/C17H22BrClN2O5S/c1-16(2,3)25-15(22)21-9-17(6-5-10(7-17)26-27(4,23)24)12-13(19)11(18)8-20-14(12)21/h8,10H,5-7,9H2,1-4H3. The van der Waals surface area contributed by atoms with Gasteiger partial charge in [0.05, 0.1) is 21.9 Å². The van der Waals surface area contributed by atoms with Gasteiger partial charge in [0.1, 0.15) is 11.4 Å². The molecule has 2 atom stereocenters. The summed E-state index contributed by atoms with van der Waals surface area (Å²) >= 11 is 9.96. The fraction of sp³-hybridized carbons (Fsp3) is 0.647. The van der Waals surface area contributed by atoms with Crippen LogP contribution in [-0.2, 0) is 24.5 Å². The fourth-order valence-electron chi connectivity index (χ4n) is 3.83. The van der Waals surface area contributed by atoms with Crippen molar-refractivity contribution in [2.24, 2.45) is 0 Å². The number of anilines is 1. The number of halogens is 2. The lowest BCUT2D eigenvalue weighted by molar-refractivity contribution is 0.0576. The van der Waals surface area contributed by atoms with E-state index in [0.29, 0.717) is 41.1 Å². The van der Waals surface area contributed by atoms with E-state index in [0.717, 1.165) is 11.8 Å². The number of nitrogens with zero attached hydrogens (tertiary/aromatic N) is 2. The number of rotatable bonds is 2. The maximum Gasteiger partial charge on any atom is 0.416 e. The highest BCUT2D eigenvalue weighted by Crippen LogP contribution is 2.54. The van der Waals surface area contributed by atoms with Gasteiger partial charge in [-0.15, -0.1) is 0 Å². The number of ether oxygens (including phenoxy) is 1. The molecule has 1 amide bonds. The Labute approximate surface area is 172 Å². The number of hydrogen-bond donors (Lipinski definition) is 0. The summed E-state index contributed by atoms with van der Waals surface area (Å²) in [7, 11) is -3.57. The maximum atomic E-state index is 12.8. The molecule has 2 unspecified atom stereocenters. The molecule has 27 heavy (non-hydrogen) atoms. The molecular formula is C17H22BrClN2O5S. The third-order valence-electron chi connectivity index (χ3n) is 4.69. The van der Waals surface area contributed by atoms with E-state index in [-0.39, 0.29) is 0 Å². The third-order valence-corrected chi connectivity index (χ3v) is 6.53. The maximum absolute atomic E-state index is 12.8. The summed E-state index contributed by atoms with van der Waals surface area (Å²) in [5, 5.41) is 0.478. The van der Waals surface area contributed by atoms with Gasteiger partial charge in [-0.25, -0.2) is 9.78 Å². The topological polar surface area (TPSA) is 85.8 Å². The van der Waals surface area contributed by atoms with Crippen molar-refractivity contribution in [3.63, 3.8) is 0 Å². The molecule has 10 heteroatoms. The van der Waals surface area contributed by atoms with Gasteiger partial charge in [0.25, 0.3) is 10.1 Å². The molecule has 7 nitrogen and oxygen atoms in total. The molecule has 0 aromatic carbocycles. The molecule has 1 aromatic heterocycles. The van der Waals surface area contributed by atoms with Crippen LogP contribution >= 0.6 is 27.5 Å². The summed E-state index contributed by atoms with van der Waals surface area (Å²) in [6, 6.07) is 0. The number of carbonyl (C=O) groups excluding carboxylic acids is 1. The van der Waals surface area contributed by atoms with Gasteiger partial charge in [0.15, 0.2) is 0 Å². The van der Waals surface area contributed by atoms with Crippen LogP contribution in [0.4, 0.5) is 10.6 Å². The van der Waals surface area contributed by atoms with E-state index < -0.39 is 33.3 Å². The second kappa shape index (κ2) is 6.86. The zero-order valence-electron chi connectivity index (χ0n) is 15.6. The molecule has 1 spiro atoms. The molecule has 2 heterocycles. The summed E-state index contributed by atoms with van der Waals surface area (Å²) in [5.41, 5.74) is -0.428. The van der Waals surface area contributed by atoms with E-state index in [4.69, 9.17) is 20.5 Å². The van der Waals surface area contributed by atoms with Crippen LogP contribution in [0.5, 0.6) is 0 Å². The van der Waals surface area contributed by atoms with E-state index in [9.17, 15) is 13.2 Å². The largest absolute Gasteiger partial charge is 0.443 e. The molecule has 0 saturated heterocycles. The predicted octanol–water partition coefficient (Wildman–Crippen LogP) is 4.02. The van der Waals surface area contributed by atoms with Crippen molar-refractivity contribution >= 4 is 49.6 Å². The number of hydrogen-bond acceptors (Lipinski definition) is 6. The van der Waals surface area contributed by atoms with Crippen LogP contribution < -0.4 is 4.90 Å².